The van der Waals surface area contributed by atoms with E-state index in [0.717, 1.165) is 6.42 Å². The molecule has 0 aliphatic carbocycles. The number of benzene rings is 2. The van der Waals surface area contributed by atoms with Gasteiger partial charge in [-0.05, 0) is 53.1 Å². The molecule has 1 nitrogen and oxygen atoms in total. The van der Waals surface area contributed by atoms with E-state index in [-0.39, 0.29) is 6.10 Å². The Bertz CT molecular complexity index is 631. The van der Waals surface area contributed by atoms with Crippen LogP contribution in [-0.4, -0.2) is 6.10 Å². The molecular formula is C27H46O. The van der Waals surface area contributed by atoms with Crippen LogP contribution >= 0.6 is 0 Å². The first kappa shape index (κ1) is 26.7. The third-order valence-corrected chi connectivity index (χ3v) is 4.80. The molecule has 3 atom stereocenters. The average Bonchev–Trinajstić information content (AvgIpc) is 3.11. The third-order valence-electron chi connectivity index (χ3n) is 4.80. The quantitative estimate of drug-likeness (QED) is 0.509. The number of ether oxygens (including phenoxy) is 1. The molecule has 0 radical (unpaired) electrons. The Labute approximate surface area is 175 Å². The van der Waals surface area contributed by atoms with Gasteiger partial charge in [-0.1, -0.05) is 105 Å². The summed E-state index contributed by atoms with van der Waals surface area (Å²) >= 11 is 0. The van der Waals surface area contributed by atoms with E-state index in [4.69, 9.17) is 4.74 Å². The van der Waals surface area contributed by atoms with Gasteiger partial charge >= 0.3 is 0 Å². The van der Waals surface area contributed by atoms with Gasteiger partial charge in [0, 0.05) is 0 Å². The average molecular weight is 387 g/mol. The molecule has 2 aromatic rings. The van der Waals surface area contributed by atoms with E-state index in [1.807, 2.05) is 27.7 Å². The Morgan fingerprint density at radius 1 is 0.893 bits per heavy atom. The van der Waals surface area contributed by atoms with Crippen LogP contribution in [0.4, 0.5) is 0 Å². The first-order valence-corrected chi connectivity index (χ1v) is 11.8. The van der Waals surface area contributed by atoms with Gasteiger partial charge in [0.1, 0.15) is 0 Å². The smallest absolute Gasteiger partial charge is 0.0858 e. The molecule has 0 aromatic heterocycles. The lowest BCUT2D eigenvalue weighted by molar-refractivity contribution is 0.0306. The molecule has 1 heterocycles. The van der Waals surface area contributed by atoms with E-state index in [1.165, 1.54) is 47.6 Å². The molecule has 1 saturated heterocycles. The van der Waals surface area contributed by atoms with Crippen LogP contribution in [0.2, 0.25) is 0 Å². The van der Waals surface area contributed by atoms with E-state index in [2.05, 4.69) is 71.0 Å². The largest absolute Gasteiger partial charge is 0.370 e. The van der Waals surface area contributed by atoms with Crippen molar-refractivity contribution >= 4 is 10.8 Å². The van der Waals surface area contributed by atoms with Crippen molar-refractivity contribution in [3.8, 4) is 0 Å². The molecule has 0 saturated carbocycles. The third kappa shape index (κ3) is 7.59. The van der Waals surface area contributed by atoms with Gasteiger partial charge in [0.25, 0.3) is 0 Å². The Kier molecular flexibility index (Phi) is 14.8. The van der Waals surface area contributed by atoms with Crippen LogP contribution in [0.15, 0.2) is 36.4 Å². The van der Waals surface area contributed by atoms with Gasteiger partial charge in [-0.2, -0.15) is 0 Å². The molecule has 1 aliphatic heterocycles. The van der Waals surface area contributed by atoms with Gasteiger partial charge in [-0.25, -0.2) is 0 Å². The van der Waals surface area contributed by atoms with E-state index in [9.17, 15) is 0 Å². The molecular weight excluding hydrogens is 340 g/mol. The molecule has 1 fully saturated rings. The summed E-state index contributed by atoms with van der Waals surface area (Å²) in [4.78, 5) is 0. The number of hydrogen-bond donors (Lipinski definition) is 0. The second-order valence-electron chi connectivity index (χ2n) is 7.14. The molecule has 0 bridgehead atoms. The van der Waals surface area contributed by atoms with Crippen molar-refractivity contribution in [2.24, 2.45) is 5.92 Å². The summed E-state index contributed by atoms with van der Waals surface area (Å²) in [6.07, 6.45) is 6.66. The van der Waals surface area contributed by atoms with Crippen molar-refractivity contribution in [3.63, 3.8) is 0 Å². The van der Waals surface area contributed by atoms with Gasteiger partial charge in [-0.15, -0.1) is 0 Å². The lowest BCUT2D eigenvalue weighted by atomic mass is 9.89. The van der Waals surface area contributed by atoms with Crippen LogP contribution in [0.25, 0.3) is 10.8 Å². The summed E-state index contributed by atoms with van der Waals surface area (Å²) in [5.74, 6) is 0.619. The molecule has 3 rings (SSSR count). The summed E-state index contributed by atoms with van der Waals surface area (Å²) < 4.78 is 6.39. The Balaban J connectivity index is 0.000000930. The maximum atomic E-state index is 6.39. The number of fused-ring (bicyclic) bond motifs is 1. The normalized spacial score (nSPS) is 20.2. The van der Waals surface area contributed by atoms with Crippen molar-refractivity contribution in [1.29, 1.82) is 0 Å². The first-order valence-electron chi connectivity index (χ1n) is 11.8. The van der Waals surface area contributed by atoms with Crippen molar-refractivity contribution < 1.29 is 4.74 Å². The summed E-state index contributed by atoms with van der Waals surface area (Å²) in [5.41, 5.74) is 2.87. The van der Waals surface area contributed by atoms with Gasteiger partial charge in [0.15, 0.2) is 0 Å². The van der Waals surface area contributed by atoms with Crippen LogP contribution in [0.1, 0.15) is 105 Å². The van der Waals surface area contributed by atoms with Crippen LogP contribution in [0.3, 0.4) is 0 Å². The zero-order chi connectivity index (χ0) is 21.5. The fourth-order valence-corrected chi connectivity index (χ4v) is 3.70. The highest BCUT2D eigenvalue weighted by atomic mass is 16.5. The lowest BCUT2D eigenvalue weighted by Gasteiger charge is -2.20. The van der Waals surface area contributed by atoms with E-state index in [1.54, 1.807) is 0 Å². The van der Waals surface area contributed by atoms with Gasteiger partial charge in [0.05, 0.1) is 12.2 Å². The van der Waals surface area contributed by atoms with Gasteiger partial charge < -0.3 is 4.74 Å². The molecule has 1 aliphatic rings. The second kappa shape index (κ2) is 15.6. The molecule has 28 heavy (non-hydrogen) atoms. The number of rotatable bonds is 4. The fraction of sp³-hybridized carbons (Fsp3) is 0.630. The highest BCUT2D eigenvalue weighted by Gasteiger charge is 2.33. The predicted octanol–water partition coefficient (Wildman–Crippen LogP) is 9.14. The standard InChI is InChI=1S/C20H26O.C3H8.2C2H6/c1-4-8-18-11-14(3)20(21-18)19-13-17-10-7-6-9-16(17)12-15(19)5-2;1-3-2;2*1-2/h6-7,9-10,12-14,18,20H,4-5,8,11H2,1-3H3;3H2,1-2H3;2*1-2H3/t14?,18-,20-;;;/m1.../s1. The monoisotopic (exact) mass is 386 g/mol. The SMILES string of the molecule is CC.CC.CCC.CCC[C@@H]1CC(C)[C@H](c2cc3ccccc3cc2CC)O1. The second-order valence-corrected chi connectivity index (χ2v) is 7.14. The predicted molar refractivity (Wildman–Crippen MR) is 128 cm³/mol. The van der Waals surface area contributed by atoms with E-state index in [0.29, 0.717) is 12.0 Å². The van der Waals surface area contributed by atoms with Gasteiger partial charge in [0.2, 0.25) is 0 Å². The minimum atomic E-state index is 0.279. The van der Waals surface area contributed by atoms with Crippen molar-refractivity contribution in [2.75, 3.05) is 0 Å². The summed E-state index contributed by atoms with van der Waals surface area (Å²) in [7, 11) is 0. The first-order chi connectivity index (χ1) is 13.6. The lowest BCUT2D eigenvalue weighted by Crippen LogP contribution is -2.09. The molecule has 0 amide bonds. The zero-order valence-electron chi connectivity index (χ0n) is 20.1. The summed E-state index contributed by atoms with van der Waals surface area (Å²) in [5, 5.41) is 2.67. The molecule has 1 heteroatoms. The van der Waals surface area contributed by atoms with E-state index >= 15 is 0 Å². The van der Waals surface area contributed by atoms with Crippen LogP contribution < -0.4 is 0 Å². The number of hydrogen-bond acceptors (Lipinski definition) is 1. The highest BCUT2D eigenvalue weighted by molar-refractivity contribution is 5.84. The molecule has 1 unspecified atom stereocenters. The Morgan fingerprint density at radius 3 is 1.93 bits per heavy atom. The van der Waals surface area contributed by atoms with Crippen molar-refractivity contribution in [2.45, 2.75) is 107 Å². The maximum Gasteiger partial charge on any atom is 0.0858 e. The van der Waals surface area contributed by atoms with Gasteiger partial charge in [-0.3, -0.25) is 0 Å². The molecule has 0 N–H and O–H groups in total. The van der Waals surface area contributed by atoms with Crippen LogP contribution in [0, 0.1) is 5.92 Å². The van der Waals surface area contributed by atoms with Crippen molar-refractivity contribution in [3.05, 3.63) is 47.5 Å². The van der Waals surface area contributed by atoms with Crippen LogP contribution in [0.5, 0.6) is 0 Å². The van der Waals surface area contributed by atoms with E-state index < -0.39 is 0 Å². The molecule has 0 spiro atoms. The zero-order valence-corrected chi connectivity index (χ0v) is 20.1. The summed E-state index contributed by atoms with van der Waals surface area (Å²) in [6.45, 7) is 19.1. The Morgan fingerprint density at radius 2 is 1.43 bits per heavy atom. The minimum absolute atomic E-state index is 0.279. The molecule has 160 valence electrons. The highest BCUT2D eigenvalue weighted by Crippen LogP contribution is 2.41. The summed E-state index contributed by atoms with van der Waals surface area (Å²) in [6, 6.07) is 13.4. The van der Waals surface area contributed by atoms with Crippen LogP contribution in [-0.2, 0) is 11.2 Å². The topological polar surface area (TPSA) is 9.23 Å². The fourth-order valence-electron chi connectivity index (χ4n) is 3.70. The molecule has 2 aromatic carbocycles. The number of aryl methyl sites for hydroxylation is 1. The maximum absolute atomic E-state index is 6.39. The van der Waals surface area contributed by atoms with Crippen molar-refractivity contribution in [1.82, 2.24) is 0 Å². The Hall–Kier alpha value is -1.34. The minimum Gasteiger partial charge on any atom is -0.370 e.